The third-order valence-electron chi connectivity index (χ3n) is 5.21. The van der Waals surface area contributed by atoms with Crippen molar-refractivity contribution in [3.05, 3.63) is 48.7 Å². The lowest BCUT2D eigenvalue weighted by atomic mass is 9.85. The molecule has 0 N–H and O–H groups in total. The van der Waals surface area contributed by atoms with E-state index in [1.807, 2.05) is 24.7 Å². The van der Waals surface area contributed by atoms with E-state index in [1.54, 1.807) is 12.4 Å². The Kier molecular flexibility index (Phi) is 4.40. The summed E-state index contributed by atoms with van der Waals surface area (Å²) in [5, 5.41) is 0. The zero-order valence-corrected chi connectivity index (χ0v) is 13.8. The van der Waals surface area contributed by atoms with Crippen molar-refractivity contribution in [3.63, 3.8) is 0 Å². The Balaban J connectivity index is 1.47. The van der Waals surface area contributed by atoms with Crippen molar-refractivity contribution < 1.29 is 4.74 Å². The summed E-state index contributed by atoms with van der Waals surface area (Å²) in [5.74, 6) is 0.975. The second-order valence-corrected chi connectivity index (χ2v) is 6.61. The molecular weight excluding hydrogens is 302 g/mol. The number of morpholine rings is 1. The van der Waals surface area contributed by atoms with Crippen LogP contribution in [0.5, 0.6) is 0 Å². The van der Waals surface area contributed by atoms with Crippen LogP contribution >= 0.6 is 0 Å². The van der Waals surface area contributed by atoms with Crippen LogP contribution in [0.3, 0.4) is 0 Å². The quantitative estimate of drug-likeness (QED) is 0.857. The lowest BCUT2D eigenvalue weighted by molar-refractivity contribution is -0.0843. The summed E-state index contributed by atoms with van der Waals surface area (Å²) < 4.78 is 5.87. The predicted molar refractivity (Wildman–Crippen MR) is 91.7 cm³/mol. The van der Waals surface area contributed by atoms with E-state index in [9.17, 15) is 0 Å². The highest BCUT2D eigenvalue weighted by atomic mass is 16.5. The molecular formula is C18H23N5O. The molecule has 0 saturated carbocycles. The Morgan fingerprint density at radius 1 is 1.04 bits per heavy atom. The van der Waals surface area contributed by atoms with Crippen molar-refractivity contribution in [2.45, 2.75) is 24.9 Å². The highest BCUT2D eigenvalue weighted by Crippen LogP contribution is 2.34. The zero-order valence-electron chi connectivity index (χ0n) is 13.8. The monoisotopic (exact) mass is 325 g/mol. The molecule has 2 saturated heterocycles. The third kappa shape index (κ3) is 3.12. The standard InChI is InChI=1S/C18H23N5O/c1-2-16(12-19-5-1)14-23-10-11-24-15-18(23)3-8-22(9-4-18)17-13-20-6-7-21-17/h1-2,5-7,12-13H,3-4,8-11,14-15H2. The molecule has 0 atom stereocenters. The minimum absolute atomic E-state index is 0.132. The molecule has 0 aromatic carbocycles. The number of hydrogen-bond acceptors (Lipinski definition) is 6. The Hall–Kier alpha value is -2.05. The molecule has 2 aromatic heterocycles. The van der Waals surface area contributed by atoms with Crippen molar-refractivity contribution >= 4 is 5.82 Å². The van der Waals surface area contributed by atoms with Crippen molar-refractivity contribution in [2.75, 3.05) is 37.7 Å². The molecule has 0 bridgehead atoms. The number of nitrogens with zero attached hydrogens (tertiary/aromatic N) is 5. The molecule has 2 aromatic rings. The van der Waals surface area contributed by atoms with Gasteiger partial charge in [-0.05, 0) is 24.5 Å². The van der Waals surface area contributed by atoms with Crippen molar-refractivity contribution in [2.24, 2.45) is 0 Å². The Morgan fingerprint density at radius 2 is 1.92 bits per heavy atom. The van der Waals surface area contributed by atoms with Crippen LogP contribution in [0.4, 0.5) is 5.82 Å². The van der Waals surface area contributed by atoms with Gasteiger partial charge < -0.3 is 9.64 Å². The molecule has 2 fully saturated rings. The van der Waals surface area contributed by atoms with E-state index in [0.717, 1.165) is 58.1 Å². The molecule has 126 valence electrons. The second kappa shape index (κ2) is 6.83. The smallest absolute Gasteiger partial charge is 0.147 e. The number of aromatic nitrogens is 3. The molecule has 0 radical (unpaired) electrons. The van der Waals surface area contributed by atoms with Crippen LogP contribution in [0.25, 0.3) is 0 Å². The highest BCUT2D eigenvalue weighted by Gasteiger charge is 2.42. The van der Waals surface area contributed by atoms with Crippen LogP contribution in [0.2, 0.25) is 0 Å². The average Bonchev–Trinajstić information content (AvgIpc) is 2.66. The third-order valence-corrected chi connectivity index (χ3v) is 5.21. The fraction of sp³-hybridized carbons (Fsp3) is 0.500. The van der Waals surface area contributed by atoms with E-state index in [2.05, 4.69) is 30.8 Å². The SMILES string of the molecule is c1cncc(CN2CCOCC23CCN(c2cnccn2)CC3)c1. The van der Waals surface area contributed by atoms with E-state index in [4.69, 9.17) is 4.74 Å². The van der Waals surface area contributed by atoms with Crippen LogP contribution in [-0.2, 0) is 11.3 Å². The molecule has 6 heteroatoms. The first-order valence-electron chi connectivity index (χ1n) is 8.58. The lowest BCUT2D eigenvalue weighted by Crippen LogP contribution is -2.61. The molecule has 0 amide bonds. The van der Waals surface area contributed by atoms with Gasteiger partial charge in [-0.2, -0.15) is 0 Å². The predicted octanol–water partition coefficient (Wildman–Crippen LogP) is 1.74. The van der Waals surface area contributed by atoms with Gasteiger partial charge in [-0.15, -0.1) is 0 Å². The van der Waals surface area contributed by atoms with E-state index in [0.29, 0.717) is 0 Å². The zero-order chi connectivity index (χ0) is 16.2. The molecule has 24 heavy (non-hydrogen) atoms. The molecule has 0 unspecified atom stereocenters. The molecule has 2 aliphatic heterocycles. The number of anilines is 1. The number of hydrogen-bond donors (Lipinski definition) is 0. The van der Waals surface area contributed by atoms with Crippen LogP contribution in [0.1, 0.15) is 18.4 Å². The maximum absolute atomic E-state index is 5.87. The van der Waals surface area contributed by atoms with E-state index in [1.165, 1.54) is 5.56 Å². The summed E-state index contributed by atoms with van der Waals surface area (Å²) >= 11 is 0. The van der Waals surface area contributed by atoms with Crippen LogP contribution in [-0.4, -0.2) is 58.2 Å². The fourth-order valence-electron chi connectivity index (χ4n) is 3.79. The minimum atomic E-state index is 0.132. The largest absolute Gasteiger partial charge is 0.378 e. The first-order valence-corrected chi connectivity index (χ1v) is 8.58. The molecule has 0 aliphatic carbocycles. The van der Waals surface area contributed by atoms with Gasteiger partial charge in [-0.1, -0.05) is 6.07 Å². The summed E-state index contributed by atoms with van der Waals surface area (Å²) in [6.45, 7) is 5.55. The van der Waals surface area contributed by atoms with Gasteiger partial charge >= 0.3 is 0 Å². The Bertz CT molecular complexity index is 643. The lowest BCUT2D eigenvalue weighted by Gasteiger charge is -2.51. The van der Waals surface area contributed by atoms with Gasteiger partial charge in [0.2, 0.25) is 0 Å². The Morgan fingerprint density at radius 3 is 2.67 bits per heavy atom. The molecule has 2 aliphatic rings. The maximum Gasteiger partial charge on any atom is 0.147 e. The van der Waals surface area contributed by atoms with Gasteiger partial charge in [0.1, 0.15) is 5.82 Å². The summed E-state index contributed by atoms with van der Waals surface area (Å²) in [7, 11) is 0. The Labute approximate surface area is 142 Å². The fourth-order valence-corrected chi connectivity index (χ4v) is 3.79. The number of ether oxygens (including phenoxy) is 1. The summed E-state index contributed by atoms with van der Waals surface area (Å²) in [5.41, 5.74) is 1.41. The highest BCUT2D eigenvalue weighted by molar-refractivity contribution is 5.36. The van der Waals surface area contributed by atoms with E-state index in [-0.39, 0.29) is 5.54 Å². The number of rotatable bonds is 3. The van der Waals surface area contributed by atoms with E-state index < -0.39 is 0 Å². The minimum Gasteiger partial charge on any atom is -0.378 e. The van der Waals surface area contributed by atoms with E-state index >= 15 is 0 Å². The van der Waals surface area contributed by atoms with Crippen molar-refractivity contribution in [1.29, 1.82) is 0 Å². The van der Waals surface area contributed by atoms with Crippen molar-refractivity contribution in [3.8, 4) is 0 Å². The molecule has 1 spiro atoms. The van der Waals surface area contributed by atoms with Crippen LogP contribution < -0.4 is 4.90 Å². The molecule has 6 nitrogen and oxygen atoms in total. The second-order valence-electron chi connectivity index (χ2n) is 6.61. The van der Waals surface area contributed by atoms with Gasteiger partial charge in [0.15, 0.2) is 0 Å². The average molecular weight is 325 g/mol. The van der Waals surface area contributed by atoms with Crippen LogP contribution in [0.15, 0.2) is 43.1 Å². The molecule has 4 rings (SSSR count). The maximum atomic E-state index is 5.87. The summed E-state index contributed by atoms with van der Waals surface area (Å²) in [4.78, 5) is 17.8. The summed E-state index contributed by atoms with van der Waals surface area (Å²) in [6, 6.07) is 4.17. The topological polar surface area (TPSA) is 54.4 Å². The van der Waals surface area contributed by atoms with Crippen LogP contribution in [0, 0.1) is 0 Å². The molecule has 4 heterocycles. The number of pyridine rings is 1. The van der Waals surface area contributed by atoms with Gasteiger partial charge in [-0.25, -0.2) is 4.98 Å². The van der Waals surface area contributed by atoms with Gasteiger partial charge in [-0.3, -0.25) is 14.9 Å². The summed E-state index contributed by atoms with van der Waals surface area (Å²) in [6.07, 6.45) is 11.3. The van der Waals surface area contributed by atoms with Crippen molar-refractivity contribution in [1.82, 2.24) is 19.9 Å². The van der Waals surface area contributed by atoms with Gasteiger partial charge in [0.25, 0.3) is 0 Å². The first-order chi connectivity index (χ1) is 11.9. The van der Waals surface area contributed by atoms with Gasteiger partial charge in [0.05, 0.1) is 19.4 Å². The number of piperidine rings is 1. The first kappa shape index (κ1) is 15.5. The normalized spacial score (nSPS) is 21.1. The van der Waals surface area contributed by atoms with Gasteiger partial charge in [0, 0.05) is 56.5 Å².